The van der Waals surface area contributed by atoms with Crippen molar-refractivity contribution in [1.29, 1.82) is 0 Å². The maximum Gasteiger partial charge on any atom is 0.288 e. The zero-order valence-corrected chi connectivity index (χ0v) is 11.1. The van der Waals surface area contributed by atoms with Gasteiger partial charge in [0.15, 0.2) is 0 Å². The number of methoxy groups -OCH3 is 1. The van der Waals surface area contributed by atoms with Gasteiger partial charge in [0.25, 0.3) is 11.6 Å². The first-order valence-electron chi connectivity index (χ1n) is 6.25. The molecule has 0 radical (unpaired) electrons. The number of pyridine rings is 1. The Bertz CT molecular complexity index is 534. The Labute approximate surface area is 115 Å². The molecule has 0 bridgehead atoms. The van der Waals surface area contributed by atoms with E-state index in [-0.39, 0.29) is 29.1 Å². The summed E-state index contributed by atoms with van der Waals surface area (Å²) in [6, 6.07) is 1.17. The van der Waals surface area contributed by atoms with E-state index in [9.17, 15) is 14.9 Å². The molecule has 1 aromatic rings. The topological polar surface area (TPSA) is 112 Å². The predicted molar refractivity (Wildman–Crippen MR) is 71.2 cm³/mol. The molecule has 1 aromatic heterocycles. The molecule has 1 atom stereocenters. The van der Waals surface area contributed by atoms with Crippen LogP contribution >= 0.6 is 0 Å². The number of amides is 1. The van der Waals surface area contributed by atoms with Crippen molar-refractivity contribution in [2.24, 2.45) is 0 Å². The van der Waals surface area contributed by atoms with Crippen LogP contribution in [0, 0.1) is 10.1 Å². The number of carbonyl (C=O) groups excluding carboxylic acids is 1. The highest BCUT2D eigenvalue weighted by Gasteiger charge is 2.27. The van der Waals surface area contributed by atoms with Crippen molar-refractivity contribution in [3.05, 3.63) is 27.9 Å². The van der Waals surface area contributed by atoms with Gasteiger partial charge in [-0.15, -0.1) is 0 Å². The van der Waals surface area contributed by atoms with Crippen molar-refractivity contribution in [1.82, 2.24) is 9.88 Å². The highest BCUT2D eigenvalue weighted by molar-refractivity contribution is 5.99. The number of rotatable bonds is 3. The molecule has 1 unspecified atom stereocenters. The molecule has 0 aromatic carbocycles. The molecule has 0 spiro atoms. The van der Waals surface area contributed by atoms with Crippen molar-refractivity contribution < 1.29 is 14.5 Å². The van der Waals surface area contributed by atoms with E-state index >= 15 is 0 Å². The maximum absolute atomic E-state index is 12.4. The Hall–Kier alpha value is -2.22. The van der Waals surface area contributed by atoms with Crippen LogP contribution in [0.25, 0.3) is 0 Å². The van der Waals surface area contributed by atoms with Crippen LogP contribution in [0.4, 0.5) is 11.5 Å². The first-order valence-corrected chi connectivity index (χ1v) is 6.25. The average molecular weight is 280 g/mol. The first kappa shape index (κ1) is 14.2. The second kappa shape index (κ2) is 5.83. The summed E-state index contributed by atoms with van der Waals surface area (Å²) in [7, 11) is 1.60. The van der Waals surface area contributed by atoms with Gasteiger partial charge < -0.3 is 15.4 Å². The number of piperidine rings is 1. The second-order valence-corrected chi connectivity index (χ2v) is 4.63. The summed E-state index contributed by atoms with van der Waals surface area (Å²) < 4.78 is 5.25. The van der Waals surface area contributed by atoms with E-state index in [0.29, 0.717) is 13.1 Å². The lowest BCUT2D eigenvalue weighted by Gasteiger charge is -2.32. The number of nitrogens with two attached hydrogens (primary N) is 1. The molecule has 8 nitrogen and oxygen atoms in total. The van der Waals surface area contributed by atoms with Crippen molar-refractivity contribution in [2.75, 3.05) is 25.9 Å². The first-order chi connectivity index (χ1) is 9.52. The second-order valence-electron chi connectivity index (χ2n) is 4.63. The van der Waals surface area contributed by atoms with Gasteiger partial charge in [-0.25, -0.2) is 4.98 Å². The van der Waals surface area contributed by atoms with E-state index < -0.39 is 4.92 Å². The van der Waals surface area contributed by atoms with Gasteiger partial charge in [0.05, 0.1) is 16.6 Å². The largest absolute Gasteiger partial charge is 0.383 e. The van der Waals surface area contributed by atoms with Crippen molar-refractivity contribution >= 4 is 17.4 Å². The monoisotopic (exact) mass is 280 g/mol. The number of aromatic nitrogens is 1. The number of ether oxygens (including phenoxy) is 1. The van der Waals surface area contributed by atoms with Gasteiger partial charge in [0, 0.05) is 26.3 Å². The number of hydrogen-bond acceptors (Lipinski definition) is 6. The zero-order chi connectivity index (χ0) is 14.7. The third-order valence-electron chi connectivity index (χ3n) is 3.34. The van der Waals surface area contributed by atoms with E-state index in [4.69, 9.17) is 10.5 Å². The Morgan fingerprint density at radius 1 is 1.65 bits per heavy atom. The SMILES string of the molecule is COC1CCCN(C(=O)c2cc([N+](=O)[O-])cnc2N)C1. The molecule has 1 fully saturated rings. The van der Waals surface area contributed by atoms with E-state index in [2.05, 4.69) is 4.98 Å². The third kappa shape index (κ3) is 2.85. The molecule has 20 heavy (non-hydrogen) atoms. The minimum Gasteiger partial charge on any atom is -0.383 e. The molecule has 0 aliphatic carbocycles. The summed E-state index contributed by atoms with van der Waals surface area (Å²) in [4.78, 5) is 27.8. The number of likely N-dealkylation sites (tertiary alicyclic amines) is 1. The molecule has 1 aliphatic rings. The molecule has 2 heterocycles. The third-order valence-corrected chi connectivity index (χ3v) is 3.34. The minimum absolute atomic E-state index is 0.000130. The number of anilines is 1. The molecule has 2 N–H and O–H groups in total. The zero-order valence-electron chi connectivity index (χ0n) is 11.1. The molecule has 2 rings (SSSR count). The van der Waals surface area contributed by atoms with Crippen LogP contribution in [0.1, 0.15) is 23.2 Å². The van der Waals surface area contributed by atoms with E-state index in [1.54, 1.807) is 12.0 Å². The number of carbonyl (C=O) groups is 1. The molecular formula is C12H16N4O4. The van der Waals surface area contributed by atoms with Crippen LogP contribution in [0.3, 0.4) is 0 Å². The van der Waals surface area contributed by atoms with Gasteiger partial charge in [0.2, 0.25) is 0 Å². The van der Waals surface area contributed by atoms with Crippen molar-refractivity contribution in [3.63, 3.8) is 0 Å². The number of hydrogen-bond donors (Lipinski definition) is 1. The van der Waals surface area contributed by atoms with E-state index in [0.717, 1.165) is 19.0 Å². The van der Waals surface area contributed by atoms with Gasteiger partial charge in [-0.3, -0.25) is 14.9 Å². The van der Waals surface area contributed by atoms with Crippen LogP contribution in [-0.4, -0.2) is 47.0 Å². The molecule has 8 heteroatoms. The van der Waals surface area contributed by atoms with Gasteiger partial charge in [0.1, 0.15) is 12.0 Å². The maximum atomic E-state index is 12.4. The lowest BCUT2D eigenvalue weighted by Crippen LogP contribution is -2.43. The number of nitrogen functional groups attached to an aromatic ring is 1. The minimum atomic E-state index is -0.600. The number of nitro groups is 1. The highest BCUT2D eigenvalue weighted by Crippen LogP contribution is 2.21. The van der Waals surface area contributed by atoms with E-state index in [1.165, 1.54) is 6.07 Å². The van der Waals surface area contributed by atoms with Gasteiger partial charge in [-0.1, -0.05) is 0 Å². The van der Waals surface area contributed by atoms with Crippen LogP contribution < -0.4 is 5.73 Å². The molecule has 0 saturated carbocycles. The summed E-state index contributed by atoms with van der Waals surface area (Å²) in [6.07, 6.45) is 2.75. The summed E-state index contributed by atoms with van der Waals surface area (Å²) in [5, 5.41) is 10.7. The Kier molecular flexibility index (Phi) is 4.14. The lowest BCUT2D eigenvalue weighted by molar-refractivity contribution is -0.385. The molecule has 108 valence electrons. The lowest BCUT2D eigenvalue weighted by atomic mass is 10.1. The standard InChI is InChI=1S/C12H16N4O4/c1-20-9-3-2-4-15(7-9)12(17)10-5-8(16(18)19)6-14-11(10)13/h5-6,9H,2-4,7H2,1H3,(H2,13,14). The normalized spacial score (nSPS) is 18.9. The Morgan fingerprint density at radius 2 is 2.40 bits per heavy atom. The summed E-state index contributed by atoms with van der Waals surface area (Å²) in [5.74, 6) is -0.347. The molecule has 1 aliphatic heterocycles. The fraction of sp³-hybridized carbons (Fsp3) is 0.500. The summed E-state index contributed by atoms with van der Waals surface area (Å²) >= 11 is 0. The highest BCUT2D eigenvalue weighted by atomic mass is 16.6. The Balaban J connectivity index is 2.24. The smallest absolute Gasteiger partial charge is 0.288 e. The van der Waals surface area contributed by atoms with Crippen LogP contribution in [-0.2, 0) is 4.74 Å². The van der Waals surface area contributed by atoms with Crippen LogP contribution in [0.5, 0.6) is 0 Å². The Morgan fingerprint density at radius 3 is 3.05 bits per heavy atom. The van der Waals surface area contributed by atoms with Crippen LogP contribution in [0.2, 0.25) is 0 Å². The van der Waals surface area contributed by atoms with Gasteiger partial charge in [-0.05, 0) is 12.8 Å². The van der Waals surface area contributed by atoms with Gasteiger partial charge in [-0.2, -0.15) is 0 Å². The summed E-state index contributed by atoms with van der Waals surface area (Å²) in [6.45, 7) is 1.04. The predicted octanol–water partition coefficient (Wildman–Crippen LogP) is 0.823. The summed E-state index contributed by atoms with van der Waals surface area (Å²) in [5.41, 5.74) is 5.47. The average Bonchev–Trinajstić information content (AvgIpc) is 2.46. The quantitative estimate of drug-likeness (QED) is 0.648. The fourth-order valence-electron chi connectivity index (χ4n) is 2.22. The molecule has 1 saturated heterocycles. The van der Waals surface area contributed by atoms with Crippen molar-refractivity contribution in [2.45, 2.75) is 18.9 Å². The number of nitrogens with zero attached hydrogens (tertiary/aromatic N) is 3. The van der Waals surface area contributed by atoms with Gasteiger partial charge >= 0.3 is 0 Å². The van der Waals surface area contributed by atoms with Crippen molar-refractivity contribution in [3.8, 4) is 0 Å². The molecular weight excluding hydrogens is 264 g/mol. The fourth-order valence-corrected chi connectivity index (χ4v) is 2.22. The van der Waals surface area contributed by atoms with E-state index in [1.807, 2.05) is 0 Å². The van der Waals surface area contributed by atoms with Crippen LogP contribution in [0.15, 0.2) is 12.3 Å². The molecule has 1 amide bonds.